The predicted molar refractivity (Wildman–Crippen MR) is 125 cm³/mol. The van der Waals surface area contributed by atoms with Crippen molar-refractivity contribution in [1.29, 1.82) is 0 Å². The topological polar surface area (TPSA) is 77.5 Å². The maximum atomic E-state index is 14.0. The van der Waals surface area contributed by atoms with Gasteiger partial charge in [-0.1, -0.05) is 0 Å². The molecule has 10 heteroatoms. The lowest BCUT2D eigenvalue weighted by molar-refractivity contribution is -0.113. The van der Waals surface area contributed by atoms with Crippen LogP contribution in [-0.4, -0.2) is 77.3 Å². The third-order valence-corrected chi connectivity index (χ3v) is 7.49. The number of benzene rings is 1. The van der Waals surface area contributed by atoms with E-state index in [1.54, 1.807) is 11.0 Å². The lowest BCUT2D eigenvalue weighted by Gasteiger charge is -2.28. The fourth-order valence-corrected chi connectivity index (χ4v) is 5.61. The molecule has 4 aliphatic heterocycles. The van der Waals surface area contributed by atoms with Crippen molar-refractivity contribution in [2.45, 2.75) is 38.1 Å². The summed E-state index contributed by atoms with van der Waals surface area (Å²) in [6, 6.07) is 4.34. The van der Waals surface area contributed by atoms with Crippen molar-refractivity contribution in [2.24, 2.45) is 4.99 Å². The molecule has 3 saturated heterocycles. The van der Waals surface area contributed by atoms with Gasteiger partial charge in [-0.05, 0) is 81.2 Å². The maximum Gasteiger partial charge on any atom is 0.415 e. The summed E-state index contributed by atoms with van der Waals surface area (Å²) in [5.41, 5.74) is 3.58. The second-order valence-electron chi connectivity index (χ2n) is 8.76. The zero-order valence-electron chi connectivity index (χ0n) is 18.5. The number of halogens is 1. The van der Waals surface area contributed by atoms with Crippen LogP contribution < -0.4 is 10.2 Å². The van der Waals surface area contributed by atoms with E-state index < -0.39 is 11.9 Å². The largest absolute Gasteiger partial charge is 0.415 e. The summed E-state index contributed by atoms with van der Waals surface area (Å²) >= 11 is 1.24. The first-order valence-electron chi connectivity index (χ1n) is 11.6. The number of likely N-dealkylation sites (tertiary alicyclic amines) is 2. The molecule has 33 heavy (non-hydrogen) atoms. The fraction of sp³-hybridized carbons (Fsp3) is 0.522. The van der Waals surface area contributed by atoms with E-state index in [1.165, 1.54) is 42.8 Å². The van der Waals surface area contributed by atoms with Gasteiger partial charge < -0.3 is 9.64 Å². The maximum absolute atomic E-state index is 14.0. The number of nitrogens with one attached hydrogen (secondary N) is 1. The number of nitrogens with zero attached hydrogens (tertiary/aromatic N) is 4. The van der Waals surface area contributed by atoms with Crippen LogP contribution in [0.2, 0.25) is 0 Å². The van der Waals surface area contributed by atoms with Gasteiger partial charge in [0, 0.05) is 37.8 Å². The Bertz CT molecular complexity index is 988. The molecule has 2 amide bonds. The van der Waals surface area contributed by atoms with E-state index in [0.29, 0.717) is 34.8 Å². The Labute approximate surface area is 196 Å². The van der Waals surface area contributed by atoms with Crippen LogP contribution in [0.1, 0.15) is 37.7 Å². The highest BCUT2D eigenvalue weighted by atomic mass is 32.2. The van der Waals surface area contributed by atoms with Crippen LogP contribution in [0.15, 0.2) is 28.1 Å². The Balaban J connectivity index is 1.27. The number of amides is 2. The standard InChI is InChI=1S/C23H28FN5O3S/c24-17-5-6-19(32-23(31)28-12-7-18(15-28)27-9-3-4-10-27)16(13-17)14-20-21(30)26-22(33-20)29-11-2-1-8-25-29/h5-6,13-14,18,25H,1-4,7-12,15H2/b20-14-/t18-/m0/s1. The van der Waals surface area contributed by atoms with Crippen LogP contribution in [-0.2, 0) is 4.79 Å². The van der Waals surface area contributed by atoms with Crippen LogP contribution in [0.3, 0.4) is 0 Å². The minimum atomic E-state index is -0.466. The van der Waals surface area contributed by atoms with E-state index in [9.17, 15) is 14.0 Å². The summed E-state index contributed by atoms with van der Waals surface area (Å²) in [6.07, 6.45) is 6.58. The third kappa shape index (κ3) is 5.07. The molecular formula is C23H28FN5O3S. The first kappa shape index (κ1) is 22.4. The molecule has 0 spiro atoms. The average molecular weight is 474 g/mol. The number of rotatable bonds is 3. The number of thioether (sulfide) groups is 1. The number of carbonyl (C=O) groups excluding carboxylic acids is 2. The molecule has 4 heterocycles. The van der Waals surface area contributed by atoms with Gasteiger partial charge in [-0.2, -0.15) is 4.99 Å². The Morgan fingerprint density at radius 2 is 2.00 bits per heavy atom. The van der Waals surface area contributed by atoms with Crippen molar-refractivity contribution in [3.8, 4) is 5.75 Å². The number of hydrazine groups is 1. The fourth-order valence-electron chi connectivity index (χ4n) is 4.70. The van der Waals surface area contributed by atoms with Crippen LogP contribution in [0, 0.1) is 5.82 Å². The SMILES string of the molecule is O=C1N=C(N2CCCCN2)S/C1=C\c1cc(F)ccc1OC(=O)N1CC[C@H](N2CCCC2)C1. The summed E-state index contributed by atoms with van der Waals surface area (Å²) in [6.45, 7) is 5.09. The van der Waals surface area contributed by atoms with Gasteiger partial charge in [0.2, 0.25) is 0 Å². The predicted octanol–water partition coefficient (Wildman–Crippen LogP) is 3.07. The molecule has 0 saturated carbocycles. The first-order valence-corrected chi connectivity index (χ1v) is 12.4. The quantitative estimate of drug-likeness (QED) is 0.676. The molecule has 1 atom stereocenters. The number of aliphatic imine (C=N–C) groups is 1. The van der Waals surface area contributed by atoms with E-state index in [0.717, 1.165) is 45.4 Å². The highest BCUT2D eigenvalue weighted by Gasteiger charge is 2.33. The van der Waals surface area contributed by atoms with Gasteiger partial charge in [0.1, 0.15) is 11.6 Å². The lowest BCUT2D eigenvalue weighted by atomic mass is 10.2. The summed E-state index contributed by atoms with van der Waals surface area (Å²) in [5.74, 6) is -0.611. The Morgan fingerprint density at radius 1 is 1.18 bits per heavy atom. The molecular weight excluding hydrogens is 445 g/mol. The Kier molecular flexibility index (Phi) is 6.66. The average Bonchev–Trinajstić information content (AvgIpc) is 3.57. The van der Waals surface area contributed by atoms with E-state index in [-0.39, 0.29) is 11.7 Å². The van der Waals surface area contributed by atoms with Crippen LogP contribution in [0.25, 0.3) is 6.08 Å². The first-order chi connectivity index (χ1) is 16.1. The second-order valence-corrected chi connectivity index (χ2v) is 9.77. The summed E-state index contributed by atoms with van der Waals surface area (Å²) in [4.78, 5) is 34.0. The molecule has 1 aromatic carbocycles. The van der Waals surface area contributed by atoms with Gasteiger partial charge in [0.05, 0.1) is 4.91 Å². The summed E-state index contributed by atoms with van der Waals surface area (Å²) in [7, 11) is 0. The molecule has 0 radical (unpaired) electrons. The Morgan fingerprint density at radius 3 is 2.79 bits per heavy atom. The number of amidine groups is 1. The van der Waals surface area contributed by atoms with Crippen molar-refractivity contribution in [2.75, 3.05) is 39.3 Å². The van der Waals surface area contributed by atoms with Gasteiger partial charge in [-0.15, -0.1) is 0 Å². The minimum absolute atomic E-state index is 0.233. The van der Waals surface area contributed by atoms with Crippen molar-refractivity contribution >= 4 is 35.0 Å². The molecule has 5 rings (SSSR count). The zero-order valence-corrected chi connectivity index (χ0v) is 19.3. The van der Waals surface area contributed by atoms with Crippen molar-refractivity contribution in [3.05, 3.63) is 34.5 Å². The van der Waals surface area contributed by atoms with Crippen molar-refractivity contribution in [3.63, 3.8) is 0 Å². The highest BCUT2D eigenvalue weighted by molar-refractivity contribution is 8.18. The van der Waals surface area contributed by atoms with Crippen LogP contribution in [0.5, 0.6) is 5.75 Å². The summed E-state index contributed by atoms with van der Waals surface area (Å²) in [5, 5.41) is 2.47. The monoisotopic (exact) mass is 473 g/mol. The molecule has 176 valence electrons. The molecule has 4 aliphatic rings. The number of hydrogen-bond acceptors (Lipinski definition) is 7. The van der Waals surface area contributed by atoms with Gasteiger partial charge in [0.15, 0.2) is 5.17 Å². The normalized spacial score (nSPS) is 25.2. The van der Waals surface area contributed by atoms with Crippen LogP contribution in [0.4, 0.5) is 9.18 Å². The molecule has 0 aromatic heterocycles. The Hall–Kier alpha value is -2.43. The van der Waals surface area contributed by atoms with E-state index in [4.69, 9.17) is 4.74 Å². The lowest BCUT2D eigenvalue weighted by Crippen LogP contribution is -2.45. The second kappa shape index (κ2) is 9.82. The third-order valence-electron chi connectivity index (χ3n) is 6.49. The van der Waals surface area contributed by atoms with E-state index in [2.05, 4.69) is 15.3 Å². The molecule has 3 fully saturated rings. The smallest absolute Gasteiger partial charge is 0.410 e. The molecule has 8 nitrogen and oxygen atoms in total. The van der Waals surface area contributed by atoms with E-state index >= 15 is 0 Å². The van der Waals surface area contributed by atoms with E-state index in [1.807, 2.05) is 5.01 Å². The van der Waals surface area contributed by atoms with Crippen LogP contribution >= 0.6 is 11.8 Å². The van der Waals surface area contributed by atoms with Gasteiger partial charge >= 0.3 is 6.09 Å². The summed E-state index contributed by atoms with van der Waals surface area (Å²) < 4.78 is 19.7. The highest BCUT2D eigenvalue weighted by Crippen LogP contribution is 2.33. The number of carbonyl (C=O) groups is 2. The molecule has 1 aromatic rings. The number of hydrogen-bond donors (Lipinski definition) is 1. The molecule has 0 bridgehead atoms. The molecule has 0 unspecified atom stereocenters. The van der Waals surface area contributed by atoms with Crippen molar-refractivity contribution < 1.29 is 18.7 Å². The van der Waals surface area contributed by atoms with Crippen molar-refractivity contribution in [1.82, 2.24) is 20.2 Å². The minimum Gasteiger partial charge on any atom is -0.410 e. The van der Waals surface area contributed by atoms with Gasteiger partial charge in [-0.25, -0.2) is 14.6 Å². The molecule has 1 N–H and O–H groups in total. The van der Waals surface area contributed by atoms with Gasteiger partial charge in [-0.3, -0.25) is 14.7 Å². The number of ether oxygens (including phenoxy) is 1. The van der Waals surface area contributed by atoms with Gasteiger partial charge in [0.25, 0.3) is 5.91 Å². The zero-order chi connectivity index (χ0) is 22.8. The molecule has 0 aliphatic carbocycles.